The third kappa shape index (κ3) is 27.4. The van der Waals surface area contributed by atoms with Gasteiger partial charge in [0, 0.05) is 106 Å². The van der Waals surface area contributed by atoms with Crippen LogP contribution in [-0.4, -0.2) is 162 Å². The molecule has 0 aromatic heterocycles. The van der Waals surface area contributed by atoms with Crippen LogP contribution in [0.2, 0.25) is 0 Å². The third-order valence-corrected chi connectivity index (χ3v) is 19.1. The molecule has 8 rings (SSSR count). The molecule has 0 amide bonds. The minimum Gasteiger partial charge on any atom is -0.741 e. The van der Waals surface area contributed by atoms with Gasteiger partial charge >= 0.3 is 46.8 Å². The Kier molecular flexibility index (Phi) is 37.5. The number of aliphatic carboxylic acids is 2. The number of hydrogen-bond donors (Lipinski definition) is 2. The van der Waals surface area contributed by atoms with Crippen molar-refractivity contribution in [3.05, 3.63) is 167 Å². The quantitative estimate of drug-likeness (QED) is 0.00585. The highest BCUT2D eigenvalue weighted by Crippen LogP contribution is 2.44. The molecule has 2 N–H and O–H groups in total. The Bertz CT molecular complexity index is 4930. The lowest BCUT2D eigenvalue weighted by molar-refractivity contribution is -0.155. The number of hydrogen-bond acceptors (Lipinski definition) is 20. The van der Waals surface area contributed by atoms with E-state index in [0.717, 1.165) is 141 Å². The molecular formula is C82H102F6N4O20S2. The molecule has 2 aliphatic heterocycles. The van der Waals surface area contributed by atoms with E-state index in [1.165, 1.54) is 6.92 Å². The number of carbonyl (C=O) groups is 6. The molecule has 24 nitrogen and oxygen atoms in total. The summed E-state index contributed by atoms with van der Waals surface area (Å²) >= 11 is 0. The highest BCUT2D eigenvalue weighted by atomic mass is 32.2. The summed E-state index contributed by atoms with van der Waals surface area (Å²) in [5, 5.41) is 20.3. The summed E-state index contributed by atoms with van der Waals surface area (Å²) in [7, 11) is -12.2. The number of carbonyl (C=O) groups excluding carboxylic acids is 4. The van der Waals surface area contributed by atoms with Gasteiger partial charge in [-0.1, -0.05) is 63.4 Å². The largest absolute Gasteiger partial charge is 0.741 e. The lowest BCUT2D eigenvalue weighted by Gasteiger charge is -2.22. The molecule has 32 heteroatoms. The van der Waals surface area contributed by atoms with E-state index in [9.17, 15) is 55.1 Å². The van der Waals surface area contributed by atoms with Crippen LogP contribution in [-0.2, 0) is 58.4 Å². The third-order valence-electron chi connectivity index (χ3n) is 18.0. The van der Waals surface area contributed by atoms with Gasteiger partial charge in [0.05, 0.1) is 34.1 Å². The Morgan fingerprint density at radius 2 is 0.789 bits per heavy atom. The molecule has 0 fully saturated rings. The van der Waals surface area contributed by atoms with E-state index in [2.05, 4.69) is 160 Å². The number of carboxylic acids is 2. The van der Waals surface area contributed by atoms with Gasteiger partial charge in [0.15, 0.2) is 20.2 Å². The Balaban J connectivity index is 0.000000434. The number of benzene rings is 6. The predicted octanol–water partition coefficient (Wildman–Crippen LogP) is 15.4. The summed E-state index contributed by atoms with van der Waals surface area (Å²) in [5.74, 6) is -1.95. The first-order valence-corrected chi connectivity index (χ1v) is 39.3. The fourth-order valence-corrected chi connectivity index (χ4v) is 10.5. The van der Waals surface area contributed by atoms with Gasteiger partial charge in [-0.15, -0.1) is 0 Å². The molecule has 0 unspecified atom stereocenters. The van der Waals surface area contributed by atoms with Crippen molar-refractivity contribution in [1.29, 1.82) is 0 Å². The lowest BCUT2D eigenvalue weighted by atomic mass is 9.90. The summed E-state index contributed by atoms with van der Waals surface area (Å²) < 4.78 is 157. The molecule has 0 spiro atoms. The number of anilines is 2. The topological polar surface area (TPSA) is 333 Å². The molecular weight excluding hydrogens is 1540 g/mol. The second-order valence-corrected chi connectivity index (χ2v) is 29.2. The van der Waals surface area contributed by atoms with Crippen LogP contribution in [0.5, 0.6) is 0 Å². The Hall–Kier alpha value is -10.4. The zero-order valence-corrected chi connectivity index (χ0v) is 68.6. The monoisotopic (exact) mass is 1640 g/mol. The second-order valence-electron chi connectivity index (χ2n) is 26.4. The SMILES string of the molecule is C=C(C)C(=O)O.C=C(C)C(=O)OCCOC(=O)c1ccccc1-c1c2ccc(=[N+](CC)CC)cc-2oc2cc(N(CC)CC)ccc12.CCC(C)(C)C(=O)O.CCN(CC)c1ccc2c(-c3ccccc3C(=O)OCCOC(=O)C(C)(C)CC)c3ccc(=[N+](CC)CC)cc-3oc2c1.O=S(=O)([O-])C(F)(F)F.O=S(=O)([O-])C(F)(F)F. The summed E-state index contributed by atoms with van der Waals surface area (Å²) in [4.78, 5) is 75.2. The summed E-state index contributed by atoms with van der Waals surface area (Å²) in [6.45, 7) is 44.7. The first-order valence-electron chi connectivity index (χ1n) is 36.5. The van der Waals surface area contributed by atoms with E-state index >= 15 is 0 Å². The first-order chi connectivity index (χ1) is 53.1. The number of alkyl halides is 6. The van der Waals surface area contributed by atoms with Crippen molar-refractivity contribution in [2.45, 2.75) is 135 Å². The maximum atomic E-state index is 13.5. The van der Waals surface area contributed by atoms with Crippen LogP contribution in [0.3, 0.4) is 0 Å². The smallest absolute Gasteiger partial charge is 0.485 e. The van der Waals surface area contributed by atoms with Gasteiger partial charge in [0.25, 0.3) is 0 Å². The summed E-state index contributed by atoms with van der Waals surface area (Å²) in [5.41, 5.74) is -2.29. The molecule has 114 heavy (non-hydrogen) atoms. The van der Waals surface area contributed by atoms with E-state index < -0.39 is 71.9 Å². The lowest BCUT2D eigenvalue weighted by Crippen LogP contribution is -2.29. The predicted molar refractivity (Wildman–Crippen MR) is 423 cm³/mol. The van der Waals surface area contributed by atoms with Crippen molar-refractivity contribution in [3.63, 3.8) is 0 Å². The van der Waals surface area contributed by atoms with E-state index in [1.807, 2.05) is 64.1 Å². The zero-order chi connectivity index (χ0) is 86.6. The number of ether oxygens (including phenoxy) is 4. The molecule has 0 saturated heterocycles. The van der Waals surface area contributed by atoms with Crippen molar-refractivity contribution >= 4 is 89.4 Å². The highest BCUT2D eigenvalue weighted by molar-refractivity contribution is 7.86. The van der Waals surface area contributed by atoms with Gasteiger partial charge in [0.2, 0.25) is 10.7 Å². The summed E-state index contributed by atoms with van der Waals surface area (Å²) in [6.07, 6.45) is 1.35. The molecule has 0 atom stereocenters. The maximum Gasteiger partial charge on any atom is 0.485 e. The van der Waals surface area contributed by atoms with Crippen LogP contribution in [0, 0.1) is 10.8 Å². The van der Waals surface area contributed by atoms with E-state index in [4.69, 9.17) is 63.9 Å². The first kappa shape index (κ1) is 97.8. The Morgan fingerprint density at radius 3 is 1.07 bits per heavy atom. The van der Waals surface area contributed by atoms with Crippen LogP contribution in [0.15, 0.2) is 154 Å². The molecule has 4 aliphatic rings. The molecule has 0 bridgehead atoms. The van der Waals surface area contributed by atoms with Crippen LogP contribution in [0.1, 0.15) is 144 Å². The average Bonchev–Trinajstić information content (AvgIpc) is 0.750. The zero-order valence-electron chi connectivity index (χ0n) is 67.0. The van der Waals surface area contributed by atoms with Crippen LogP contribution in [0.4, 0.5) is 37.7 Å². The number of esters is 4. The van der Waals surface area contributed by atoms with E-state index in [0.29, 0.717) is 29.5 Å². The number of rotatable bonds is 26. The highest BCUT2D eigenvalue weighted by Gasteiger charge is 2.38. The van der Waals surface area contributed by atoms with Gasteiger partial charge in [0.1, 0.15) is 75.3 Å². The standard InChI is InChI=1S/C36H45N2O5.C34H39N2O5.C6H12O2.C4H6O2.2CHF3O3S/c1-8-36(6,7)35(40)42-22-21-41-34(39)28-16-14-13-15-27(28)33-29-19-17-25(37(9-2)10-3)23-31(29)43-32-24-26(18-20-30(32)33)38(11-4)12-5;1-7-35(8-2)24-15-17-28-30(21-24)41-31-22-25(36(9-3)10-4)16-18-29(31)32(28)26-13-11-12-14-27(26)34(38)40-20-19-39-33(37)23(5)6;1-4-6(2,3)5(7)8;1-3(2)4(5)6;2*2-1(3,4)8(5,6)7/h13-20,23-24H,8-12,21-22H2,1-7H3;11-18,21-22H,5,7-10,19-20H2,1-4,6H3;4H2,1-3H3,(H,7,8);1H2,2H3,(H,5,6);2*(H,5,6,7)/q2*+1;;;;/p-2. The summed E-state index contributed by atoms with van der Waals surface area (Å²) in [6, 6.07) is 39.9. The van der Waals surface area contributed by atoms with Crippen molar-refractivity contribution in [1.82, 2.24) is 9.15 Å². The van der Waals surface area contributed by atoms with Gasteiger partial charge < -0.3 is 56.9 Å². The van der Waals surface area contributed by atoms with Gasteiger partial charge in [-0.2, -0.15) is 26.3 Å². The Labute approximate surface area is 660 Å². The number of fused-ring (bicyclic) bond motifs is 4. The molecule has 0 radical (unpaired) electrons. The van der Waals surface area contributed by atoms with Gasteiger partial charge in [-0.3, -0.25) is 9.59 Å². The average molecular weight is 1640 g/mol. The number of halogens is 6. The van der Waals surface area contributed by atoms with Crippen LogP contribution < -0.4 is 29.7 Å². The minimum atomic E-state index is -6.09. The normalized spacial score (nSPS) is 11.4. The molecule has 4 aromatic carbocycles. The van der Waals surface area contributed by atoms with E-state index in [-0.39, 0.29) is 38.0 Å². The minimum absolute atomic E-state index is 0.00845. The van der Waals surface area contributed by atoms with Crippen LogP contribution >= 0.6 is 0 Å². The van der Waals surface area contributed by atoms with Crippen molar-refractivity contribution in [3.8, 4) is 44.9 Å². The Morgan fingerprint density at radius 1 is 0.465 bits per heavy atom. The van der Waals surface area contributed by atoms with Crippen molar-refractivity contribution in [2.24, 2.45) is 10.8 Å². The fraction of sp³-hybridized carbons (Fsp3) is 0.415. The van der Waals surface area contributed by atoms with Gasteiger partial charge in [-0.05, 0) is 169 Å². The fourth-order valence-electron chi connectivity index (χ4n) is 10.5. The van der Waals surface area contributed by atoms with E-state index in [1.54, 1.807) is 32.9 Å². The van der Waals surface area contributed by atoms with Crippen LogP contribution in [0.25, 0.3) is 66.8 Å². The van der Waals surface area contributed by atoms with Crippen molar-refractivity contribution < 1.29 is 119 Å². The molecule has 2 aliphatic carbocycles. The molecule has 0 saturated carbocycles. The second kappa shape index (κ2) is 43.7. The van der Waals surface area contributed by atoms with Crippen molar-refractivity contribution in [2.75, 3.05) is 88.6 Å². The molecule has 2 heterocycles. The van der Waals surface area contributed by atoms with Gasteiger partial charge in [-0.25, -0.2) is 45.2 Å². The maximum absolute atomic E-state index is 13.5. The number of carboxylic acid groups (broad SMARTS) is 2. The molecule has 4 aromatic rings. The molecule has 624 valence electrons. The number of nitrogens with zero attached hydrogens (tertiary/aromatic N) is 4.